The van der Waals surface area contributed by atoms with E-state index in [0.29, 0.717) is 16.9 Å². The highest BCUT2D eigenvalue weighted by Crippen LogP contribution is 2.27. The van der Waals surface area contributed by atoms with E-state index in [-0.39, 0.29) is 22.8 Å². The standard InChI is InChI=1S/C22H20N4O4/c1-14-20(22(29)26(25(14)2)17-7-5-4-6-8-17)24-21(28)16(13-23)11-15-9-10-19(30-3)18(27)12-15/h4-12,27H,1-3H3,(H,24,28)/b16-11+. The first-order valence-corrected chi connectivity index (χ1v) is 9.01. The molecule has 1 aromatic heterocycles. The highest BCUT2D eigenvalue weighted by atomic mass is 16.5. The van der Waals surface area contributed by atoms with Crippen molar-refractivity contribution in [1.29, 1.82) is 5.26 Å². The molecule has 0 saturated heterocycles. The van der Waals surface area contributed by atoms with Crippen LogP contribution in [0.25, 0.3) is 11.8 Å². The smallest absolute Gasteiger partial charge is 0.295 e. The lowest BCUT2D eigenvalue weighted by molar-refractivity contribution is -0.112. The predicted molar refractivity (Wildman–Crippen MR) is 113 cm³/mol. The Morgan fingerprint density at radius 3 is 2.53 bits per heavy atom. The van der Waals surface area contributed by atoms with Crippen LogP contribution < -0.4 is 15.6 Å². The highest BCUT2D eigenvalue weighted by Gasteiger charge is 2.20. The fourth-order valence-corrected chi connectivity index (χ4v) is 3.01. The lowest BCUT2D eigenvalue weighted by Crippen LogP contribution is -2.23. The molecule has 1 heterocycles. The van der Waals surface area contributed by atoms with E-state index >= 15 is 0 Å². The number of nitrogens with zero attached hydrogens (tertiary/aromatic N) is 3. The van der Waals surface area contributed by atoms with Crippen molar-refractivity contribution >= 4 is 17.7 Å². The summed E-state index contributed by atoms with van der Waals surface area (Å²) in [5.74, 6) is -0.566. The molecule has 0 spiro atoms. The number of nitrogens with one attached hydrogen (secondary N) is 1. The normalized spacial score (nSPS) is 11.1. The Morgan fingerprint density at radius 2 is 1.93 bits per heavy atom. The van der Waals surface area contributed by atoms with Crippen molar-refractivity contribution in [3.05, 3.63) is 75.7 Å². The number of aromatic hydroxyl groups is 1. The third kappa shape index (κ3) is 3.82. The molecule has 0 unspecified atom stereocenters. The largest absolute Gasteiger partial charge is 0.504 e. The van der Waals surface area contributed by atoms with E-state index in [2.05, 4.69) is 5.32 Å². The summed E-state index contributed by atoms with van der Waals surface area (Å²) < 4.78 is 8.04. The zero-order valence-electron chi connectivity index (χ0n) is 16.7. The molecule has 8 heteroatoms. The number of carbonyl (C=O) groups is 1. The van der Waals surface area contributed by atoms with Crippen LogP contribution in [0, 0.1) is 18.3 Å². The highest BCUT2D eigenvalue weighted by molar-refractivity contribution is 6.09. The summed E-state index contributed by atoms with van der Waals surface area (Å²) in [6.07, 6.45) is 1.32. The molecular formula is C22H20N4O4. The maximum atomic E-state index is 12.9. The van der Waals surface area contributed by atoms with Gasteiger partial charge in [-0.15, -0.1) is 0 Å². The van der Waals surface area contributed by atoms with Crippen LogP contribution in [0.3, 0.4) is 0 Å². The molecule has 0 atom stereocenters. The molecule has 3 rings (SSSR count). The van der Waals surface area contributed by atoms with Crippen molar-refractivity contribution in [3.63, 3.8) is 0 Å². The summed E-state index contributed by atoms with van der Waals surface area (Å²) in [4.78, 5) is 25.6. The van der Waals surface area contributed by atoms with Gasteiger partial charge in [-0.1, -0.05) is 24.3 Å². The van der Waals surface area contributed by atoms with Crippen LogP contribution in [0.15, 0.2) is 58.9 Å². The van der Waals surface area contributed by atoms with E-state index < -0.39 is 11.5 Å². The monoisotopic (exact) mass is 404 g/mol. The third-order valence-electron chi connectivity index (χ3n) is 4.67. The number of carbonyl (C=O) groups excluding carboxylic acids is 1. The van der Waals surface area contributed by atoms with Gasteiger partial charge in [0.2, 0.25) is 0 Å². The van der Waals surface area contributed by atoms with Crippen molar-refractivity contribution in [2.75, 3.05) is 12.4 Å². The van der Waals surface area contributed by atoms with Crippen LogP contribution in [0.5, 0.6) is 11.5 Å². The van der Waals surface area contributed by atoms with Crippen molar-refractivity contribution < 1.29 is 14.6 Å². The second-order valence-corrected chi connectivity index (χ2v) is 6.49. The summed E-state index contributed by atoms with van der Waals surface area (Å²) in [5.41, 5.74) is 1.09. The topological polar surface area (TPSA) is 109 Å². The fraction of sp³-hybridized carbons (Fsp3) is 0.136. The molecule has 3 aromatic rings. The fourth-order valence-electron chi connectivity index (χ4n) is 3.01. The van der Waals surface area contributed by atoms with Crippen molar-refractivity contribution in [2.24, 2.45) is 7.05 Å². The summed E-state index contributed by atoms with van der Waals surface area (Å²) in [7, 11) is 3.13. The van der Waals surface area contributed by atoms with Gasteiger partial charge in [-0.2, -0.15) is 5.26 Å². The molecule has 0 radical (unpaired) electrons. The van der Waals surface area contributed by atoms with E-state index in [1.54, 1.807) is 36.9 Å². The van der Waals surface area contributed by atoms with Crippen LogP contribution in [0.1, 0.15) is 11.3 Å². The maximum absolute atomic E-state index is 12.9. The molecule has 0 fully saturated rings. The van der Waals surface area contributed by atoms with Gasteiger partial charge in [0.1, 0.15) is 17.3 Å². The molecule has 30 heavy (non-hydrogen) atoms. The van der Waals surface area contributed by atoms with Crippen molar-refractivity contribution in [2.45, 2.75) is 6.92 Å². The first-order valence-electron chi connectivity index (χ1n) is 9.01. The lowest BCUT2D eigenvalue weighted by Gasteiger charge is -2.07. The predicted octanol–water partition coefficient (Wildman–Crippen LogP) is 2.74. The van der Waals surface area contributed by atoms with E-state index in [1.165, 1.54) is 30.0 Å². The number of phenols is 1. The number of phenolic OH excluding ortho intramolecular Hbond substituents is 1. The molecule has 0 aliphatic heterocycles. The SMILES string of the molecule is COc1ccc(/C=C(\C#N)C(=O)Nc2c(C)n(C)n(-c3ccccc3)c2=O)cc1O. The molecule has 0 aliphatic carbocycles. The van der Waals surface area contributed by atoms with Gasteiger partial charge in [-0.05, 0) is 42.8 Å². The third-order valence-corrected chi connectivity index (χ3v) is 4.67. The minimum atomic E-state index is -0.723. The van der Waals surface area contributed by atoms with Gasteiger partial charge in [-0.25, -0.2) is 4.68 Å². The Bertz CT molecular complexity index is 1230. The Labute approximate surface area is 172 Å². The van der Waals surface area contributed by atoms with Crippen LogP contribution in [-0.2, 0) is 11.8 Å². The molecule has 152 valence electrons. The quantitative estimate of drug-likeness (QED) is 0.502. The zero-order chi connectivity index (χ0) is 21.8. The minimum Gasteiger partial charge on any atom is -0.504 e. The number of hydrogen-bond donors (Lipinski definition) is 2. The maximum Gasteiger partial charge on any atom is 0.295 e. The Hall–Kier alpha value is -4.25. The molecular weight excluding hydrogens is 384 g/mol. The number of benzene rings is 2. The average molecular weight is 404 g/mol. The Balaban J connectivity index is 1.94. The number of aromatic nitrogens is 2. The summed E-state index contributed by atoms with van der Waals surface area (Å²) in [6.45, 7) is 1.70. The number of methoxy groups -OCH3 is 1. The van der Waals surface area contributed by atoms with E-state index in [9.17, 15) is 20.0 Å². The first-order chi connectivity index (χ1) is 14.4. The number of hydrogen-bond acceptors (Lipinski definition) is 5. The van der Waals surface area contributed by atoms with Gasteiger partial charge in [0.05, 0.1) is 18.5 Å². The number of nitriles is 1. The van der Waals surface area contributed by atoms with Crippen molar-refractivity contribution in [3.8, 4) is 23.3 Å². The number of para-hydroxylation sites is 1. The molecule has 2 aromatic carbocycles. The van der Waals surface area contributed by atoms with E-state index in [1.807, 2.05) is 24.3 Å². The summed E-state index contributed by atoms with van der Waals surface area (Å²) in [6, 6.07) is 15.3. The zero-order valence-corrected chi connectivity index (χ0v) is 16.7. The summed E-state index contributed by atoms with van der Waals surface area (Å²) in [5, 5.41) is 21.9. The van der Waals surface area contributed by atoms with Gasteiger partial charge >= 0.3 is 0 Å². The van der Waals surface area contributed by atoms with Gasteiger partial charge in [0, 0.05) is 7.05 Å². The van der Waals surface area contributed by atoms with Crippen molar-refractivity contribution in [1.82, 2.24) is 9.36 Å². The van der Waals surface area contributed by atoms with Crippen LogP contribution in [0.4, 0.5) is 5.69 Å². The lowest BCUT2D eigenvalue weighted by atomic mass is 10.1. The number of amides is 1. The molecule has 8 nitrogen and oxygen atoms in total. The molecule has 0 bridgehead atoms. The first kappa shape index (κ1) is 20.5. The number of rotatable bonds is 5. The van der Waals surface area contributed by atoms with Gasteiger partial charge in [0.15, 0.2) is 11.5 Å². The molecule has 0 saturated carbocycles. The van der Waals surface area contributed by atoms with Gasteiger partial charge in [-0.3, -0.25) is 14.3 Å². The minimum absolute atomic E-state index is 0.0880. The van der Waals surface area contributed by atoms with Crippen LogP contribution in [-0.4, -0.2) is 27.5 Å². The second-order valence-electron chi connectivity index (χ2n) is 6.49. The van der Waals surface area contributed by atoms with Gasteiger partial charge in [0.25, 0.3) is 11.5 Å². The molecule has 2 N–H and O–H groups in total. The average Bonchev–Trinajstić information content (AvgIpc) is 2.95. The van der Waals surface area contributed by atoms with Gasteiger partial charge < -0.3 is 15.2 Å². The summed E-state index contributed by atoms with van der Waals surface area (Å²) >= 11 is 0. The van der Waals surface area contributed by atoms with E-state index in [4.69, 9.17) is 4.74 Å². The molecule has 0 aliphatic rings. The van der Waals surface area contributed by atoms with Crippen LogP contribution >= 0.6 is 0 Å². The number of anilines is 1. The number of ether oxygens (including phenoxy) is 1. The van der Waals surface area contributed by atoms with E-state index in [0.717, 1.165) is 0 Å². The second kappa shape index (κ2) is 8.41. The Kier molecular flexibility index (Phi) is 5.74. The molecule has 1 amide bonds. The van der Waals surface area contributed by atoms with Crippen LogP contribution in [0.2, 0.25) is 0 Å². The Morgan fingerprint density at radius 1 is 1.23 bits per heavy atom.